The number of nitrogens with one attached hydrogen (secondary N) is 1. The maximum Gasteiger partial charge on any atom is 0.322 e. The lowest BCUT2D eigenvalue weighted by Crippen LogP contribution is -2.02. The van der Waals surface area contributed by atoms with E-state index in [1.54, 1.807) is 6.07 Å². The number of anilines is 2. The molecule has 1 N–H and O–H groups in total. The molecule has 0 amide bonds. The van der Waals surface area contributed by atoms with Crippen LogP contribution in [0.5, 0.6) is 6.01 Å². The zero-order chi connectivity index (χ0) is 13.1. The summed E-state index contributed by atoms with van der Waals surface area (Å²) < 4.78 is 5.85. The lowest BCUT2D eigenvalue weighted by atomic mass is 10.3. The zero-order valence-corrected chi connectivity index (χ0v) is 12.8. The summed E-state index contributed by atoms with van der Waals surface area (Å²) in [4.78, 5) is 11.8. The third-order valence-corrected chi connectivity index (χ3v) is 3.24. The molecule has 0 bridgehead atoms. The number of nitrogens with zero attached hydrogens (tertiary/aromatic N) is 3. The smallest absolute Gasteiger partial charge is 0.322 e. The third kappa shape index (κ3) is 3.33. The maximum absolute atomic E-state index is 5.88. The van der Waals surface area contributed by atoms with Crippen molar-refractivity contribution < 1.29 is 4.74 Å². The van der Waals surface area contributed by atoms with Crippen LogP contribution >= 0.6 is 45.8 Å². The molecule has 18 heavy (non-hydrogen) atoms. The summed E-state index contributed by atoms with van der Waals surface area (Å²) >= 11 is 13.8. The van der Waals surface area contributed by atoms with Gasteiger partial charge < -0.3 is 10.1 Å². The molecule has 2 rings (SSSR count). The Bertz CT molecular complexity index is 582. The molecule has 0 fully saturated rings. The van der Waals surface area contributed by atoms with Gasteiger partial charge in [0.1, 0.15) is 0 Å². The van der Waals surface area contributed by atoms with Crippen LogP contribution in [0.1, 0.15) is 0 Å². The van der Waals surface area contributed by atoms with Gasteiger partial charge in [0.05, 0.1) is 12.8 Å². The molecule has 94 valence electrons. The monoisotopic (exact) mass is 396 g/mol. The molecule has 5 nitrogen and oxygen atoms in total. The van der Waals surface area contributed by atoms with Crippen LogP contribution in [0.2, 0.25) is 10.3 Å². The van der Waals surface area contributed by atoms with Gasteiger partial charge in [-0.1, -0.05) is 11.6 Å². The van der Waals surface area contributed by atoms with Crippen molar-refractivity contribution in [1.29, 1.82) is 0 Å². The van der Waals surface area contributed by atoms with Crippen molar-refractivity contribution in [1.82, 2.24) is 15.0 Å². The molecule has 0 aliphatic heterocycles. The highest BCUT2D eigenvalue weighted by Crippen LogP contribution is 2.25. The minimum absolute atomic E-state index is 0.0633. The molecule has 0 spiro atoms. The summed E-state index contributed by atoms with van der Waals surface area (Å²) in [6, 6.07) is 5.58. The Morgan fingerprint density at radius 2 is 2.00 bits per heavy atom. The van der Waals surface area contributed by atoms with Crippen LogP contribution in [-0.2, 0) is 0 Å². The number of benzene rings is 1. The van der Waals surface area contributed by atoms with E-state index in [9.17, 15) is 0 Å². The third-order valence-electron chi connectivity index (χ3n) is 1.95. The number of methoxy groups -OCH3 is 1. The molecule has 0 atom stereocenters. The molecule has 8 heteroatoms. The molecule has 0 aliphatic rings. The van der Waals surface area contributed by atoms with Crippen LogP contribution < -0.4 is 10.1 Å². The van der Waals surface area contributed by atoms with Gasteiger partial charge in [-0.2, -0.15) is 15.0 Å². The fourth-order valence-electron chi connectivity index (χ4n) is 1.19. The summed E-state index contributed by atoms with van der Waals surface area (Å²) in [5.74, 6) is 0.312. The van der Waals surface area contributed by atoms with Gasteiger partial charge in [0, 0.05) is 8.59 Å². The second kappa shape index (κ2) is 5.85. The molecule has 0 saturated carbocycles. The minimum Gasteiger partial charge on any atom is -0.467 e. The average molecular weight is 397 g/mol. The number of rotatable bonds is 3. The molecular formula is C10H7Cl2IN4O. The van der Waals surface area contributed by atoms with Gasteiger partial charge >= 0.3 is 6.01 Å². The van der Waals surface area contributed by atoms with Crippen LogP contribution in [0.15, 0.2) is 18.2 Å². The van der Waals surface area contributed by atoms with Crippen LogP contribution in [0, 0.1) is 3.57 Å². The topological polar surface area (TPSA) is 59.9 Å². The number of ether oxygens (including phenoxy) is 1. The average Bonchev–Trinajstić information content (AvgIpc) is 2.32. The Morgan fingerprint density at radius 3 is 2.67 bits per heavy atom. The molecule has 1 heterocycles. The molecule has 0 aliphatic carbocycles. The van der Waals surface area contributed by atoms with Crippen LogP contribution in [0.25, 0.3) is 0 Å². The molecule has 0 saturated heterocycles. The number of aromatic nitrogens is 3. The van der Waals surface area contributed by atoms with Crippen molar-refractivity contribution in [3.8, 4) is 6.01 Å². The standard InChI is InChI=1S/C10H7Cl2IN4O/c1-18-10-16-8(12)15-9(17-10)14-7-3-2-5(11)4-6(7)13/h2-4H,1H3,(H,14,15,16,17). The summed E-state index contributed by atoms with van der Waals surface area (Å²) in [7, 11) is 1.46. The highest BCUT2D eigenvalue weighted by molar-refractivity contribution is 14.1. The van der Waals surface area contributed by atoms with Crippen LogP contribution in [0.3, 0.4) is 0 Å². The lowest BCUT2D eigenvalue weighted by molar-refractivity contribution is 0.379. The minimum atomic E-state index is 0.0633. The molecule has 1 aromatic heterocycles. The van der Waals surface area contributed by atoms with Gasteiger partial charge in [-0.05, 0) is 52.4 Å². The summed E-state index contributed by atoms with van der Waals surface area (Å²) in [6.07, 6.45) is 0. The van der Waals surface area contributed by atoms with Crippen molar-refractivity contribution in [3.05, 3.63) is 32.1 Å². The lowest BCUT2D eigenvalue weighted by Gasteiger charge is -2.08. The molecule has 1 aromatic carbocycles. The van der Waals surface area contributed by atoms with E-state index in [-0.39, 0.29) is 11.3 Å². The largest absolute Gasteiger partial charge is 0.467 e. The molecule has 0 unspecified atom stereocenters. The number of hydrogen-bond acceptors (Lipinski definition) is 5. The van der Waals surface area contributed by atoms with Crippen LogP contribution in [-0.4, -0.2) is 22.1 Å². The predicted molar refractivity (Wildman–Crippen MR) is 78.8 cm³/mol. The van der Waals surface area contributed by atoms with Crippen molar-refractivity contribution in [2.75, 3.05) is 12.4 Å². The SMILES string of the molecule is COc1nc(Cl)nc(Nc2ccc(Cl)cc2I)n1. The van der Waals surface area contributed by atoms with Crippen molar-refractivity contribution in [2.45, 2.75) is 0 Å². The molecule has 0 radical (unpaired) electrons. The Hall–Kier alpha value is -0.860. The van der Waals surface area contributed by atoms with Crippen molar-refractivity contribution in [2.24, 2.45) is 0 Å². The second-order valence-corrected chi connectivity index (χ2v) is 5.10. The fourth-order valence-corrected chi connectivity index (χ4v) is 2.35. The Morgan fingerprint density at radius 1 is 1.22 bits per heavy atom. The molecular weight excluding hydrogens is 390 g/mol. The van der Waals surface area contributed by atoms with Gasteiger partial charge in [0.15, 0.2) is 0 Å². The summed E-state index contributed by atoms with van der Waals surface area (Å²) in [6.45, 7) is 0. The predicted octanol–water partition coefficient (Wildman–Crippen LogP) is 3.54. The highest BCUT2D eigenvalue weighted by Gasteiger charge is 2.07. The van der Waals surface area contributed by atoms with E-state index >= 15 is 0 Å². The second-order valence-electron chi connectivity index (χ2n) is 3.16. The summed E-state index contributed by atoms with van der Waals surface area (Å²) in [5.41, 5.74) is 0.823. The maximum atomic E-state index is 5.88. The Labute approximate surface area is 127 Å². The van der Waals surface area contributed by atoms with E-state index in [0.29, 0.717) is 11.0 Å². The molecule has 2 aromatic rings. The first-order valence-electron chi connectivity index (χ1n) is 4.76. The number of hydrogen-bond donors (Lipinski definition) is 1. The first kappa shape index (κ1) is 13.6. The van der Waals surface area contributed by atoms with Crippen LogP contribution in [0.4, 0.5) is 11.6 Å². The van der Waals surface area contributed by atoms with Gasteiger partial charge in [-0.15, -0.1) is 0 Å². The number of halogens is 3. The first-order chi connectivity index (χ1) is 8.58. The van der Waals surface area contributed by atoms with E-state index in [2.05, 4.69) is 42.9 Å². The fraction of sp³-hybridized carbons (Fsp3) is 0.100. The quantitative estimate of drug-likeness (QED) is 0.804. The van der Waals surface area contributed by atoms with E-state index in [4.69, 9.17) is 27.9 Å². The van der Waals surface area contributed by atoms with E-state index < -0.39 is 0 Å². The van der Waals surface area contributed by atoms with Crippen molar-refractivity contribution >= 4 is 57.4 Å². The zero-order valence-electron chi connectivity index (χ0n) is 9.12. The van der Waals surface area contributed by atoms with Gasteiger partial charge in [-0.25, -0.2) is 0 Å². The highest BCUT2D eigenvalue weighted by atomic mass is 127. The Balaban J connectivity index is 2.30. The van der Waals surface area contributed by atoms with Gasteiger partial charge in [0.2, 0.25) is 11.2 Å². The van der Waals surface area contributed by atoms with E-state index in [1.807, 2.05) is 12.1 Å². The van der Waals surface area contributed by atoms with E-state index in [1.165, 1.54) is 7.11 Å². The summed E-state index contributed by atoms with van der Waals surface area (Å²) in [5, 5.41) is 3.75. The normalized spacial score (nSPS) is 10.2. The Kier molecular flexibility index (Phi) is 4.41. The van der Waals surface area contributed by atoms with Crippen molar-refractivity contribution in [3.63, 3.8) is 0 Å². The first-order valence-corrected chi connectivity index (χ1v) is 6.59. The van der Waals surface area contributed by atoms with Gasteiger partial charge in [0.25, 0.3) is 0 Å². The van der Waals surface area contributed by atoms with Gasteiger partial charge in [-0.3, -0.25) is 0 Å². The van der Waals surface area contributed by atoms with E-state index in [0.717, 1.165) is 9.26 Å².